The smallest absolute Gasteiger partial charge is 0.232 e. The van der Waals surface area contributed by atoms with Crippen molar-refractivity contribution >= 4 is 17.5 Å². The van der Waals surface area contributed by atoms with E-state index in [0.29, 0.717) is 18.3 Å². The van der Waals surface area contributed by atoms with E-state index in [1.807, 2.05) is 24.3 Å². The van der Waals surface area contributed by atoms with Crippen molar-refractivity contribution in [3.63, 3.8) is 0 Å². The SMILES string of the molecule is CC(NC(=O)CCC1C(=O)Nc2ccccc21)C12CC3CC(CC(C3)C1)C2. The number of fused-ring (bicyclic) bond motifs is 1. The monoisotopic (exact) mass is 366 g/mol. The molecule has 4 aliphatic carbocycles. The minimum absolute atomic E-state index is 0.0260. The van der Waals surface area contributed by atoms with Gasteiger partial charge in [0.2, 0.25) is 11.8 Å². The Bertz CT molecular complexity index is 736. The van der Waals surface area contributed by atoms with Gasteiger partial charge in [0.05, 0.1) is 5.92 Å². The fourth-order valence-electron chi connectivity index (χ4n) is 7.01. The molecule has 2 amide bonds. The quantitative estimate of drug-likeness (QED) is 0.819. The lowest BCUT2D eigenvalue weighted by Crippen LogP contribution is -2.55. The minimum atomic E-state index is -0.193. The second-order valence-corrected chi connectivity index (χ2v) is 9.74. The molecule has 4 fully saturated rings. The van der Waals surface area contributed by atoms with Gasteiger partial charge < -0.3 is 10.6 Å². The molecular formula is C23H30N2O2. The predicted octanol–water partition coefficient (Wildman–Crippen LogP) is 4.22. The number of rotatable bonds is 5. The van der Waals surface area contributed by atoms with Crippen LogP contribution in [0.4, 0.5) is 5.69 Å². The van der Waals surface area contributed by atoms with Crippen LogP contribution >= 0.6 is 0 Å². The van der Waals surface area contributed by atoms with Crippen LogP contribution in [-0.2, 0) is 9.59 Å². The molecule has 4 saturated carbocycles. The van der Waals surface area contributed by atoms with Gasteiger partial charge in [-0.25, -0.2) is 0 Å². The van der Waals surface area contributed by atoms with Crippen LogP contribution in [0, 0.1) is 23.2 Å². The second kappa shape index (κ2) is 6.35. The third-order valence-electron chi connectivity index (χ3n) is 7.95. The third kappa shape index (κ3) is 2.97. The van der Waals surface area contributed by atoms with Crippen LogP contribution in [0.5, 0.6) is 0 Å². The summed E-state index contributed by atoms with van der Waals surface area (Å²) in [7, 11) is 0. The van der Waals surface area contributed by atoms with Crippen molar-refractivity contribution < 1.29 is 9.59 Å². The summed E-state index contributed by atoms with van der Waals surface area (Å²) in [6, 6.07) is 8.07. The van der Waals surface area contributed by atoms with Crippen molar-refractivity contribution in [2.24, 2.45) is 23.2 Å². The van der Waals surface area contributed by atoms with Crippen LogP contribution < -0.4 is 10.6 Å². The van der Waals surface area contributed by atoms with E-state index < -0.39 is 0 Å². The predicted molar refractivity (Wildman–Crippen MR) is 105 cm³/mol. The van der Waals surface area contributed by atoms with Crippen LogP contribution in [0.2, 0.25) is 0 Å². The summed E-state index contributed by atoms with van der Waals surface area (Å²) >= 11 is 0. The lowest BCUT2D eigenvalue weighted by atomic mass is 9.48. The van der Waals surface area contributed by atoms with Crippen molar-refractivity contribution in [2.45, 2.75) is 70.3 Å². The Morgan fingerprint density at radius 1 is 1.15 bits per heavy atom. The van der Waals surface area contributed by atoms with E-state index in [-0.39, 0.29) is 23.8 Å². The molecular weight excluding hydrogens is 336 g/mol. The molecule has 5 aliphatic rings. The van der Waals surface area contributed by atoms with Crippen molar-refractivity contribution in [3.8, 4) is 0 Å². The Morgan fingerprint density at radius 2 is 1.78 bits per heavy atom. The molecule has 2 N–H and O–H groups in total. The zero-order valence-electron chi connectivity index (χ0n) is 16.2. The molecule has 0 radical (unpaired) electrons. The van der Waals surface area contributed by atoms with Crippen LogP contribution in [0.15, 0.2) is 24.3 Å². The van der Waals surface area contributed by atoms with Crippen LogP contribution in [0.25, 0.3) is 0 Å². The first-order valence-electron chi connectivity index (χ1n) is 10.7. The Hall–Kier alpha value is -1.84. The van der Waals surface area contributed by atoms with E-state index in [1.54, 1.807) is 0 Å². The van der Waals surface area contributed by atoms with Crippen LogP contribution in [0.1, 0.15) is 69.8 Å². The van der Waals surface area contributed by atoms with E-state index in [4.69, 9.17) is 0 Å². The number of amides is 2. The first-order chi connectivity index (χ1) is 13.0. The highest BCUT2D eigenvalue weighted by Crippen LogP contribution is 2.61. The summed E-state index contributed by atoms with van der Waals surface area (Å²) in [6.07, 6.45) is 9.20. The topological polar surface area (TPSA) is 58.2 Å². The van der Waals surface area contributed by atoms with E-state index in [9.17, 15) is 9.59 Å². The average Bonchev–Trinajstić information content (AvgIpc) is 2.94. The minimum Gasteiger partial charge on any atom is -0.353 e. The first-order valence-corrected chi connectivity index (χ1v) is 10.7. The molecule has 1 aromatic rings. The molecule has 4 nitrogen and oxygen atoms in total. The molecule has 1 aliphatic heterocycles. The molecule has 6 rings (SSSR count). The summed E-state index contributed by atoms with van der Waals surface area (Å²) in [6.45, 7) is 2.22. The molecule has 27 heavy (non-hydrogen) atoms. The maximum atomic E-state index is 12.7. The standard InChI is InChI=1S/C23H30N2O2/c1-14(23-11-15-8-16(12-23)10-17(9-15)13-23)24-21(26)7-6-19-18-4-2-3-5-20(18)25-22(19)27/h2-5,14-17,19H,6-13H2,1H3,(H,24,26)(H,25,27). The van der Waals surface area contributed by atoms with Gasteiger partial charge in [-0.05, 0) is 86.7 Å². The lowest BCUT2D eigenvalue weighted by molar-refractivity contribution is -0.126. The fraction of sp³-hybridized carbons (Fsp3) is 0.652. The Balaban J connectivity index is 1.20. The molecule has 0 spiro atoms. The number of carbonyl (C=O) groups is 2. The van der Waals surface area contributed by atoms with Gasteiger partial charge >= 0.3 is 0 Å². The Morgan fingerprint density at radius 3 is 2.44 bits per heavy atom. The van der Waals surface area contributed by atoms with E-state index in [2.05, 4.69) is 17.6 Å². The van der Waals surface area contributed by atoms with Crippen molar-refractivity contribution in [3.05, 3.63) is 29.8 Å². The van der Waals surface area contributed by atoms with Crippen LogP contribution in [-0.4, -0.2) is 17.9 Å². The van der Waals surface area contributed by atoms with Gasteiger partial charge in [-0.15, -0.1) is 0 Å². The van der Waals surface area contributed by atoms with Gasteiger partial charge in [0.25, 0.3) is 0 Å². The molecule has 2 unspecified atom stereocenters. The summed E-state index contributed by atoms with van der Waals surface area (Å²) in [5, 5.41) is 6.26. The first kappa shape index (κ1) is 17.3. The summed E-state index contributed by atoms with van der Waals surface area (Å²) in [5.41, 5.74) is 2.26. The van der Waals surface area contributed by atoms with Crippen LogP contribution in [0.3, 0.4) is 0 Å². The number of anilines is 1. The second-order valence-electron chi connectivity index (χ2n) is 9.74. The molecule has 4 bridgehead atoms. The van der Waals surface area contributed by atoms with Crippen molar-refractivity contribution in [1.82, 2.24) is 5.32 Å². The highest BCUT2D eigenvalue weighted by atomic mass is 16.2. The summed E-state index contributed by atoms with van der Waals surface area (Å²) in [4.78, 5) is 24.9. The zero-order chi connectivity index (χ0) is 18.6. The van der Waals surface area contributed by atoms with Gasteiger partial charge in [-0.3, -0.25) is 9.59 Å². The Kier molecular flexibility index (Phi) is 4.06. The molecule has 1 aromatic carbocycles. The maximum Gasteiger partial charge on any atom is 0.232 e. The zero-order valence-corrected chi connectivity index (χ0v) is 16.2. The Labute approximate surface area is 161 Å². The molecule has 1 heterocycles. The molecule has 2 atom stereocenters. The van der Waals surface area contributed by atoms with Crippen molar-refractivity contribution in [2.75, 3.05) is 5.32 Å². The van der Waals surface area contributed by atoms with E-state index >= 15 is 0 Å². The van der Waals surface area contributed by atoms with Crippen molar-refractivity contribution in [1.29, 1.82) is 0 Å². The molecule has 0 saturated heterocycles. The highest BCUT2D eigenvalue weighted by molar-refractivity contribution is 6.03. The largest absolute Gasteiger partial charge is 0.353 e. The van der Waals surface area contributed by atoms with Gasteiger partial charge in [0.1, 0.15) is 0 Å². The summed E-state index contributed by atoms with van der Waals surface area (Å²) < 4.78 is 0. The van der Waals surface area contributed by atoms with Gasteiger partial charge in [0, 0.05) is 18.2 Å². The summed E-state index contributed by atoms with van der Waals surface area (Å²) in [5.74, 6) is 2.63. The number of nitrogens with one attached hydrogen (secondary N) is 2. The van der Waals surface area contributed by atoms with Gasteiger partial charge in [-0.2, -0.15) is 0 Å². The maximum absolute atomic E-state index is 12.7. The average molecular weight is 367 g/mol. The normalized spacial score (nSPS) is 37.0. The number of para-hydroxylation sites is 1. The fourth-order valence-corrected chi connectivity index (χ4v) is 7.01. The number of hydrogen-bond acceptors (Lipinski definition) is 2. The highest BCUT2D eigenvalue weighted by Gasteiger charge is 2.53. The number of benzene rings is 1. The van der Waals surface area contributed by atoms with Gasteiger partial charge in [-0.1, -0.05) is 18.2 Å². The van der Waals surface area contributed by atoms with Gasteiger partial charge in [0.15, 0.2) is 0 Å². The van der Waals surface area contributed by atoms with E-state index in [1.165, 1.54) is 38.5 Å². The van der Waals surface area contributed by atoms with E-state index in [0.717, 1.165) is 29.0 Å². The lowest BCUT2D eigenvalue weighted by Gasteiger charge is -2.59. The molecule has 4 heteroatoms. The third-order valence-corrected chi connectivity index (χ3v) is 7.95. The number of hydrogen-bond donors (Lipinski definition) is 2. The molecule has 144 valence electrons. The molecule has 0 aromatic heterocycles. The number of carbonyl (C=O) groups excluding carboxylic acids is 2.